The van der Waals surface area contributed by atoms with Crippen molar-refractivity contribution in [2.45, 2.75) is 64.5 Å². The second kappa shape index (κ2) is 9.93. The topological polar surface area (TPSA) is 96.7 Å². The average molecular weight is 529 g/mol. The van der Waals surface area contributed by atoms with Gasteiger partial charge in [0.25, 0.3) is 0 Å². The number of amides is 1. The van der Waals surface area contributed by atoms with E-state index in [0.29, 0.717) is 18.8 Å². The number of rotatable bonds is 7. The van der Waals surface area contributed by atoms with Gasteiger partial charge < -0.3 is 20.1 Å². The fourth-order valence-electron chi connectivity index (χ4n) is 4.59. The Kier molecular flexibility index (Phi) is 7.25. The number of aromatic nitrogens is 2. The Bertz CT molecular complexity index is 1150. The molecule has 1 amide bonds. The predicted octanol–water partition coefficient (Wildman–Crippen LogP) is 5.16. The van der Waals surface area contributed by atoms with Crippen LogP contribution in [0.5, 0.6) is 0 Å². The summed E-state index contributed by atoms with van der Waals surface area (Å²) in [5.41, 5.74) is -0.622. The van der Waals surface area contributed by atoms with E-state index in [1.807, 2.05) is 18.7 Å². The molecule has 1 unspecified atom stereocenters. The van der Waals surface area contributed by atoms with Crippen LogP contribution in [-0.2, 0) is 15.7 Å². The molecule has 2 aliphatic rings. The fourth-order valence-corrected chi connectivity index (χ4v) is 4.82. The standard InChI is InChI=1S/C24H28ClF3N4O4/c1-12-10-31(11-13(2)36-12)16-6-7-18(17(9-16)23(34)35)29-22(33)19(8-15-4-5-15)32-14(3)20(25)21(30-32)24(26,27)28/h6-7,9,12-13,15,19H,4-5,8,10-11H2,1-3H3,(H,29,33)(H,34,35)/t12-,13?,19-/m0/s1. The van der Waals surface area contributed by atoms with Gasteiger partial charge in [-0.15, -0.1) is 0 Å². The van der Waals surface area contributed by atoms with Crippen molar-refractivity contribution in [3.63, 3.8) is 0 Å². The maximum absolute atomic E-state index is 13.4. The molecule has 1 aromatic carbocycles. The summed E-state index contributed by atoms with van der Waals surface area (Å²) in [6.07, 6.45) is -2.85. The number of nitrogens with zero attached hydrogens (tertiary/aromatic N) is 3. The van der Waals surface area contributed by atoms with Gasteiger partial charge in [0.15, 0.2) is 5.69 Å². The van der Waals surface area contributed by atoms with Gasteiger partial charge in [0, 0.05) is 18.8 Å². The molecule has 196 valence electrons. The maximum atomic E-state index is 13.4. The number of hydrogen-bond acceptors (Lipinski definition) is 5. The van der Waals surface area contributed by atoms with E-state index >= 15 is 0 Å². The van der Waals surface area contributed by atoms with Gasteiger partial charge in [0.2, 0.25) is 5.91 Å². The number of carbonyl (C=O) groups excluding carboxylic acids is 1. The molecule has 2 N–H and O–H groups in total. The van der Waals surface area contributed by atoms with Crippen molar-refractivity contribution < 1.29 is 32.6 Å². The number of ether oxygens (including phenoxy) is 1. The van der Waals surface area contributed by atoms with Crippen molar-refractivity contribution in [2.24, 2.45) is 5.92 Å². The lowest BCUT2D eigenvalue weighted by atomic mass is 10.1. The number of aromatic carboxylic acids is 1. The van der Waals surface area contributed by atoms with Crippen molar-refractivity contribution in [3.8, 4) is 0 Å². The van der Waals surface area contributed by atoms with E-state index in [9.17, 15) is 27.9 Å². The largest absolute Gasteiger partial charge is 0.478 e. The molecule has 2 aromatic rings. The van der Waals surface area contributed by atoms with E-state index in [0.717, 1.165) is 17.5 Å². The summed E-state index contributed by atoms with van der Waals surface area (Å²) in [7, 11) is 0. The molecule has 3 atom stereocenters. The highest BCUT2D eigenvalue weighted by molar-refractivity contribution is 6.32. The highest BCUT2D eigenvalue weighted by atomic mass is 35.5. The van der Waals surface area contributed by atoms with Gasteiger partial charge in [0.1, 0.15) is 6.04 Å². The zero-order valence-electron chi connectivity index (χ0n) is 20.1. The maximum Gasteiger partial charge on any atom is 0.436 e. The van der Waals surface area contributed by atoms with E-state index in [2.05, 4.69) is 10.4 Å². The molecule has 2 fully saturated rings. The SMILES string of the molecule is Cc1c(Cl)c(C(F)(F)F)nn1[C@@H](CC1CC1)C(=O)Nc1ccc(N2CC(C)O[C@@H](C)C2)cc1C(=O)O. The molecule has 8 nitrogen and oxygen atoms in total. The van der Waals surface area contributed by atoms with Crippen LogP contribution in [0.15, 0.2) is 18.2 Å². The Morgan fingerprint density at radius 1 is 1.25 bits per heavy atom. The van der Waals surface area contributed by atoms with E-state index in [-0.39, 0.29) is 41.5 Å². The van der Waals surface area contributed by atoms with Crippen LogP contribution >= 0.6 is 11.6 Å². The molecule has 0 spiro atoms. The third-order valence-corrected chi connectivity index (χ3v) is 6.93. The molecule has 1 saturated carbocycles. The Labute approximate surface area is 211 Å². The molecule has 12 heteroatoms. The quantitative estimate of drug-likeness (QED) is 0.515. The van der Waals surface area contributed by atoms with Crippen molar-refractivity contribution in [1.82, 2.24) is 9.78 Å². The second-order valence-corrected chi connectivity index (χ2v) is 9.95. The van der Waals surface area contributed by atoms with Crippen LogP contribution in [0, 0.1) is 12.8 Å². The number of alkyl halides is 3. The number of hydrogen-bond donors (Lipinski definition) is 2. The Morgan fingerprint density at radius 2 is 1.89 bits per heavy atom. The van der Waals surface area contributed by atoms with Crippen LogP contribution in [-0.4, -0.2) is 52.1 Å². The van der Waals surface area contributed by atoms with E-state index in [1.54, 1.807) is 6.07 Å². The monoisotopic (exact) mass is 528 g/mol. The summed E-state index contributed by atoms with van der Waals surface area (Å²) in [5, 5.41) is 15.5. The highest BCUT2D eigenvalue weighted by Crippen LogP contribution is 2.41. The summed E-state index contributed by atoms with van der Waals surface area (Å²) in [6, 6.07) is 3.62. The predicted molar refractivity (Wildman–Crippen MR) is 128 cm³/mol. The minimum Gasteiger partial charge on any atom is -0.478 e. The van der Waals surface area contributed by atoms with Gasteiger partial charge in [-0.2, -0.15) is 18.3 Å². The summed E-state index contributed by atoms with van der Waals surface area (Å²) in [6.45, 7) is 6.41. The average Bonchev–Trinajstić information content (AvgIpc) is 3.55. The molecule has 0 radical (unpaired) electrons. The Morgan fingerprint density at radius 3 is 2.42 bits per heavy atom. The first-order valence-electron chi connectivity index (χ1n) is 11.8. The molecule has 4 rings (SSSR count). The molecule has 1 aromatic heterocycles. The molecule has 2 heterocycles. The summed E-state index contributed by atoms with van der Waals surface area (Å²) >= 11 is 5.91. The number of halogens is 4. The molecule has 1 saturated heterocycles. The van der Waals surface area contributed by atoms with Crippen LogP contribution in [0.25, 0.3) is 0 Å². The number of anilines is 2. The molecule has 1 aliphatic heterocycles. The fraction of sp³-hybridized carbons (Fsp3) is 0.542. The lowest BCUT2D eigenvalue weighted by Crippen LogP contribution is -2.45. The number of benzene rings is 1. The molecular formula is C24H28ClF3N4O4. The van der Waals surface area contributed by atoms with Crippen LogP contribution in [0.2, 0.25) is 5.02 Å². The number of nitrogens with one attached hydrogen (secondary N) is 1. The van der Waals surface area contributed by atoms with Crippen LogP contribution < -0.4 is 10.2 Å². The van der Waals surface area contributed by atoms with Gasteiger partial charge in [0.05, 0.1) is 34.2 Å². The van der Waals surface area contributed by atoms with Crippen LogP contribution in [0.3, 0.4) is 0 Å². The minimum absolute atomic E-state index is 0.0224. The summed E-state index contributed by atoms with van der Waals surface area (Å²) in [5.74, 6) is -1.72. The number of carbonyl (C=O) groups is 2. The van der Waals surface area contributed by atoms with Gasteiger partial charge in [-0.3, -0.25) is 9.48 Å². The first-order valence-corrected chi connectivity index (χ1v) is 12.1. The van der Waals surface area contributed by atoms with E-state index < -0.39 is 34.8 Å². The first-order chi connectivity index (χ1) is 16.8. The normalized spacial score (nSPS) is 21.4. The van der Waals surface area contributed by atoms with Gasteiger partial charge in [-0.25, -0.2) is 4.79 Å². The second-order valence-electron chi connectivity index (χ2n) is 9.57. The van der Waals surface area contributed by atoms with Crippen LogP contribution in [0.1, 0.15) is 60.9 Å². The molecule has 36 heavy (non-hydrogen) atoms. The van der Waals surface area contributed by atoms with Gasteiger partial charge in [-0.05, 0) is 51.3 Å². The Hall–Kier alpha value is -2.79. The zero-order valence-corrected chi connectivity index (χ0v) is 20.9. The summed E-state index contributed by atoms with van der Waals surface area (Å²) in [4.78, 5) is 27.4. The zero-order chi connectivity index (χ0) is 26.4. The number of carboxylic acids is 1. The summed E-state index contributed by atoms with van der Waals surface area (Å²) < 4.78 is 46.9. The van der Waals surface area contributed by atoms with Crippen molar-refractivity contribution in [1.29, 1.82) is 0 Å². The lowest BCUT2D eigenvalue weighted by molar-refractivity contribution is -0.141. The minimum atomic E-state index is -4.77. The van der Waals surface area contributed by atoms with E-state index in [4.69, 9.17) is 16.3 Å². The number of carboxylic acid groups (broad SMARTS) is 1. The molecule has 0 bridgehead atoms. The molecular weight excluding hydrogens is 501 g/mol. The number of morpholine rings is 1. The van der Waals surface area contributed by atoms with Crippen molar-refractivity contribution in [2.75, 3.05) is 23.3 Å². The van der Waals surface area contributed by atoms with Crippen molar-refractivity contribution in [3.05, 3.63) is 40.2 Å². The lowest BCUT2D eigenvalue weighted by Gasteiger charge is -2.37. The van der Waals surface area contributed by atoms with Crippen LogP contribution in [0.4, 0.5) is 24.5 Å². The third-order valence-electron chi connectivity index (χ3n) is 6.47. The van der Waals surface area contributed by atoms with E-state index in [1.165, 1.54) is 19.1 Å². The van der Waals surface area contributed by atoms with Gasteiger partial charge in [-0.1, -0.05) is 24.4 Å². The smallest absolute Gasteiger partial charge is 0.436 e. The third kappa shape index (κ3) is 5.62. The highest BCUT2D eigenvalue weighted by Gasteiger charge is 2.41. The van der Waals surface area contributed by atoms with Crippen molar-refractivity contribution >= 4 is 34.9 Å². The Balaban J connectivity index is 1.63. The van der Waals surface area contributed by atoms with Gasteiger partial charge >= 0.3 is 12.1 Å². The first kappa shape index (κ1) is 26.3. The molecule has 1 aliphatic carbocycles.